The first-order valence-electron chi connectivity index (χ1n) is 18.8. The number of fused-ring (bicyclic) bond motifs is 9. The number of aromatic nitrogens is 4. The van der Waals surface area contributed by atoms with Crippen molar-refractivity contribution in [1.82, 2.24) is 18.9 Å². The Balaban J connectivity index is 0.00000410. The number of pyridine rings is 2. The fourth-order valence-electron chi connectivity index (χ4n) is 8.06. The van der Waals surface area contributed by atoms with Crippen LogP contribution in [0.3, 0.4) is 0 Å². The molecule has 0 amide bonds. The quantitative estimate of drug-likeness (QED) is 0.128. The van der Waals surface area contributed by atoms with Gasteiger partial charge >= 0.3 is 21.1 Å². The van der Waals surface area contributed by atoms with E-state index in [9.17, 15) is 0 Å². The van der Waals surface area contributed by atoms with E-state index in [1.807, 2.05) is 18.3 Å². The van der Waals surface area contributed by atoms with Crippen LogP contribution in [0.25, 0.3) is 77.5 Å². The number of nitrogens with zero attached hydrogens (tertiary/aromatic N) is 4. The summed E-state index contributed by atoms with van der Waals surface area (Å²) in [5, 5.41) is 5.31. The van der Waals surface area contributed by atoms with Crippen molar-refractivity contribution in [2.75, 3.05) is 0 Å². The predicted molar refractivity (Wildman–Crippen MR) is 226 cm³/mol. The Bertz CT molecular complexity index is 3150. The SMILES string of the molecule is Cc1ccccc1-c1nc2c3[c-]c(Oc4[c-]c5c(cc4)c4ccccc4n5-c4cc(C(C)(C)C)ccn4)ccc3c3ccccc3n2c1-c1ccccc1C.[Pt+2]. The van der Waals surface area contributed by atoms with Crippen LogP contribution in [0.15, 0.2) is 140 Å². The summed E-state index contributed by atoms with van der Waals surface area (Å²) in [5.74, 6) is 2.04. The molecule has 10 aromatic rings. The summed E-state index contributed by atoms with van der Waals surface area (Å²) in [6.45, 7) is 11.0. The third kappa shape index (κ3) is 5.72. The summed E-state index contributed by atoms with van der Waals surface area (Å²) in [6.07, 6.45) is 1.90. The Morgan fingerprint density at radius 1 is 0.607 bits per heavy atom. The van der Waals surface area contributed by atoms with Crippen LogP contribution in [-0.2, 0) is 26.5 Å². The maximum Gasteiger partial charge on any atom is 2.00 e. The van der Waals surface area contributed by atoms with Crippen molar-refractivity contribution in [2.45, 2.75) is 40.0 Å². The molecule has 0 aliphatic heterocycles. The fraction of sp³-hybridized carbons (Fsp3) is 0.120. The van der Waals surface area contributed by atoms with Gasteiger partial charge in [-0.15, -0.1) is 29.7 Å². The number of imidazole rings is 1. The average Bonchev–Trinajstić information content (AvgIpc) is 3.75. The molecule has 0 radical (unpaired) electrons. The molecule has 0 bridgehead atoms. The summed E-state index contributed by atoms with van der Waals surface area (Å²) < 4.78 is 11.2. The average molecular weight is 906 g/mol. The molecule has 6 aromatic carbocycles. The second-order valence-electron chi connectivity index (χ2n) is 15.4. The van der Waals surface area contributed by atoms with E-state index >= 15 is 0 Å². The number of aryl methyl sites for hydroxylation is 2. The zero-order valence-corrected chi connectivity index (χ0v) is 34.1. The molecule has 5 nitrogen and oxygen atoms in total. The molecule has 0 unspecified atom stereocenters. The van der Waals surface area contributed by atoms with E-state index in [-0.39, 0.29) is 26.5 Å². The van der Waals surface area contributed by atoms with Crippen LogP contribution in [0.1, 0.15) is 37.5 Å². The number of hydrogen-bond donors (Lipinski definition) is 0. The summed E-state index contributed by atoms with van der Waals surface area (Å²) in [6, 6.07) is 53.9. The molecule has 4 heterocycles. The topological polar surface area (TPSA) is 44.3 Å². The van der Waals surface area contributed by atoms with E-state index in [1.165, 1.54) is 16.7 Å². The van der Waals surface area contributed by atoms with Gasteiger partial charge in [-0.2, -0.15) is 6.07 Å². The Kier molecular flexibility index (Phi) is 8.67. The normalized spacial score (nSPS) is 11.9. The molecule has 6 heteroatoms. The van der Waals surface area contributed by atoms with Crippen LogP contribution in [0.5, 0.6) is 11.5 Å². The molecule has 0 fully saturated rings. The summed E-state index contributed by atoms with van der Waals surface area (Å²) in [5.41, 5.74) is 11.7. The van der Waals surface area contributed by atoms with Crippen molar-refractivity contribution in [1.29, 1.82) is 0 Å². The van der Waals surface area contributed by atoms with Crippen LogP contribution < -0.4 is 4.74 Å². The largest absolute Gasteiger partial charge is 2.00 e. The van der Waals surface area contributed by atoms with E-state index in [1.54, 1.807) is 0 Å². The van der Waals surface area contributed by atoms with E-state index < -0.39 is 0 Å². The first kappa shape index (κ1) is 35.7. The van der Waals surface area contributed by atoms with Gasteiger partial charge in [-0.3, -0.25) is 4.98 Å². The predicted octanol–water partition coefficient (Wildman–Crippen LogP) is 12.8. The van der Waals surface area contributed by atoms with E-state index in [4.69, 9.17) is 14.7 Å². The Morgan fingerprint density at radius 2 is 1.21 bits per heavy atom. The fourth-order valence-corrected chi connectivity index (χ4v) is 8.06. The van der Waals surface area contributed by atoms with E-state index in [0.29, 0.717) is 11.5 Å². The van der Waals surface area contributed by atoms with Crippen molar-refractivity contribution in [3.8, 4) is 39.8 Å². The molecule has 56 heavy (non-hydrogen) atoms. The Morgan fingerprint density at radius 3 is 1.93 bits per heavy atom. The molecule has 0 atom stereocenters. The molecule has 0 aliphatic carbocycles. The van der Waals surface area contributed by atoms with Gasteiger partial charge in [-0.25, -0.2) is 4.98 Å². The molecular formula is C50H38N4OPt. The second kappa shape index (κ2) is 13.6. The van der Waals surface area contributed by atoms with Gasteiger partial charge < -0.3 is 13.7 Å². The third-order valence-corrected chi connectivity index (χ3v) is 10.9. The van der Waals surface area contributed by atoms with E-state index in [0.717, 1.165) is 77.5 Å². The Labute approximate surface area is 340 Å². The van der Waals surface area contributed by atoms with Gasteiger partial charge in [0.05, 0.1) is 17.0 Å². The van der Waals surface area contributed by atoms with Crippen LogP contribution in [-0.4, -0.2) is 18.9 Å². The minimum Gasteiger partial charge on any atom is -0.503 e. The van der Waals surface area contributed by atoms with Gasteiger partial charge in [0.1, 0.15) is 5.82 Å². The second-order valence-corrected chi connectivity index (χ2v) is 15.4. The van der Waals surface area contributed by atoms with Gasteiger partial charge in [-0.05, 0) is 71.0 Å². The van der Waals surface area contributed by atoms with Crippen LogP contribution in [0, 0.1) is 26.0 Å². The van der Waals surface area contributed by atoms with Crippen molar-refractivity contribution in [2.24, 2.45) is 0 Å². The van der Waals surface area contributed by atoms with Crippen molar-refractivity contribution in [3.63, 3.8) is 0 Å². The number of para-hydroxylation sites is 2. The van der Waals surface area contributed by atoms with Gasteiger partial charge in [0, 0.05) is 39.9 Å². The molecule has 0 N–H and O–H groups in total. The van der Waals surface area contributed by atoms with Crippen molar-refractivity contribution in [3.05, 3.63) is 168 Å². The number of hydrogen-bond acceptors (Lipinski definition) is 3. The van der Waals surface area contributed by atoms with Crippen LogP contribution >= 0.6 is 0 Å². The monoisotopic (exact) mass is 905 g/mol. The summed E-state index contributed by atoms with van der Waals surface area (Å²) in [7, 11) is 0. The first-order valence-corrected chi connectivity index (χ1v) is 18.8. The van der Waals surface area contributed by atoms with Gasteiger partial charge in [-0.1, -0.05) is 128 Å². The zero-order valence-electron chi connectivity index (χ0n) is 31.8. The number of rotatable bonds is 5. The Hall–Kier alpha value is -6.03. The van der Waals surface area contributed by atoms with Crippen molar-refractivity contribution >= 4 is 49.1 Å². The van der Waals surface area contributed by atoms with Crippen molar-refractivity contribution < 1.29 is 25.8 Å². The minimum atomic E-state index is -0.0205. The molecule has 0 spiro atoms. The van der Waals surface area contributed by atoms with Gasteiger partial charge in [0.25, 0.3) is 0 Å². The maximum atomic E-state index is 6.68. The molecule has 0 saturated carbocycles. The number of benzene rings is 6. The molecule has 274 valence electrons. The van der Waals surface area contributed by atoms with Crippen LogP contribution in [0.2, 0.25) is 0 Å². The maximum absolute atomic E-state index is 6.68. The van der Waals surface area contributed by atoms with Crippen LogP contribution in [0.4, 0.5) is 0 Å². The summed E-state index contributed by atoms with van der Waals surface area (Å²) >= 11 is 0. The first-order chi connectivity index (χ1) is 26.7. The molecule has 0 aliphatic rings. The number of ether oxygens (including phenoxy) is 1. The molecule has 0 saturated heterocycles. The smallest absolute Gasteiger partial charge is 0.503 e. The molecular weight excluding hydrogens is 868 g/mol. The zero-order chi connectivity index (χ0) is 37.4. The molecule has 4 aromatic heterocycles. The van der Waals surface area contributed by atoms with Gasteiger partial charge in [0.15, 0.2) is 0 Å². The standard InChI is InChI=1S/C50H38N4O.Pt/c1-31-14-6-8-16-36(31)47-48(37-17-9-7-15-32(37)2)54-44-21-13-10-18-39(44)38-24-22-34(29-42(38)49(54)52-47)55-35-23-25-41-40-19-11-12-20-43(40)53(45(41)30-35)46-28-33(26-27-51-46)50(3,4)5;/h6-28H,1-5H3;/q-2;+2. The molecule has 10 rings (SSSR count). The van der Waals surface area contributed by atoms with E-state index in [2.05, 4.69) is 177 Å². The van der Waals surface area contributed by atoms with Gasteiger partial charge in [0.2, 0.25) is 0 Å². The summed E-state index contributed by atoms with van der Waals surface area (Å²) in [4.78, 5) is 10.3. The third-order valence-electron chi connectivity index (χ3n) is 10.9. The minimum absolute atomic E-state index is 0.